The predicted molar refractivity (Wildman–Crippen MR) is 89.0 cm³/mol. The number of hydrogen-bond acceptors (Lipinski definition) is 4. The third-order valence-electron chi connectivity index (χ3n) is 3.39. The van der Waals surface area contributed by atoms with E-state index in [2.05, 4.69) is 10.6 Å². The van der Waals surface area contributed by atoms with E-state index in [0.717, 1.165) is 32.5 Å². The van der Waals surface area contributed by atoms with E-state index in [1.54, 1.807) is 12.1 Å². The van der Waals surface area contributed by atoms with Crippen molar-refractivity contribution in [1.82, 2.24) is 10.6 Å². The molecule has 1 heterocycles. The van der Waals surface area contributed by atoms with Crippen LogP contribution in [-0.4, -0.2) is 44.9 Å². The SMILES string of the molecule is CCNCCNC(=O)c1cccc(OCC2CCCO2)c1.Cl. The largest absolute Gasteiger partial charge is 0.491 e. The standard InChI is InChI=1S/C16H24N2O3.ClH/c1-2-17-8-9-18-16(19)13-5-3-6-14(11-13)21-12-15-7-4-10-20-15;/h3,5-6,11,15,17H,2,4,7-10,12H2,1H3,(H,18,19);1H. The summed E-state index contributed by atoms with van der Waals surface area (Å²) in [6.45, 7) is 5.71. The normalized spacial score (nSPS) is 16.9. The molecule has 5 nitrogen and oxygen atoms in total. The Morgan fingerprint density at radius 2 is 2.27 bits per heavy atom. The lowest BCUT2D eigenvalue weighted by Gasteiger charge is -2.12. The zero-order valence-corrected chi connectivity index (χ0v) is 13.8. The van der Waals surface area contributed by atoms with Gasteiger partial charge in [0.05, 0.1) is 6.10 Å². The molecule has 0 bridgehead atoms. The topological polar surface area (TPSA) is 59.6 Å². The molecule has 2 N–H and O–H groups in total. The maximum absolute atomic E-state index is 12.0. The van der Waals surface area contributed by atoms with E-state index >= 15 is 0 Å². The van der Waals surface area contributed by atoms with Crippen molar-refractivity contribution < 1.29 is 14.3 Å². The van der Waals surface area contributed by atoms with Crippen LogP contribution in [0.25, 0.3) is 0 Å². The molecule has 1 aliphatic heterocycles. The fourth-order valence-corrected chi connectivity index (χ4v) is 2.24. The van der Waals surface area contributed by atoms with Crippen LogP contribution in [-0.2, 0) is 4.74 Å². The van der Waals surface area contributed by atoms with Gasteiger partial charge in [0.2, 0.25) is 0 Å². The van der Waals surface area contributed by atoms with Crippen molar-refractivity contribution in [2.24, 2.45) is 0 Å². The van der Waals surface area contributed by atoms with Gasteiger partial charge in [0.1, 0.15) is 12.4 Å². The molecule has 1 aliphatic rings. The molecular formula is C16H25ClN2O3. The first-order valence-electron chi connectivity index (χ1n) is 7.63. The molecule has 22 heavy (non-hydrogen) atoms. The Bertz CT molecular complexity index is 451. The molecule has 0 aromatic heterocycles. The quantitative estimate of drug-likeness (QED) is 0.717. The van der Waals surface area contributed by atoms with Gasteiger partial charge in [0.15, 0.2) is 0 Å². The van der Waals surface area contributed by atoms with Crippen molar-refractivity contribution in [2.75, 3.05) is 32.8 Å². The highest BCUT2D eigenvalue weighted by Crippen LogP contribution is 2.17. The van der Waals surface area contributed by atoms with Crippen LogP contribution in [0.3, 0.4) is 0 Å². The number of halogens is 1. The Morgan fingerprint density at radius 3 is 3.00 bits per heavy atom. The van der Waals surface area contributed by atoms with Crippen LogP contribution in [0.2, 0.25) is 0 Å². The Balaban J connectivity index is 0.00000242. The van der Waals surface area contributed by atoms with E-state index in [-0.39, 0.29) is 24.4 Å². The summed E-state index contributed by atoms with van der Waals surface area (Å²) < 4.78 is 11.2. The molecule has 1 aromatic carbocycles. The molecule has 0 radical (unpaired) electrons. The third kappa shape index (κ3) is 6.22. The van der Waals surface area contributed by atoms with Gasteiger partial charge in [-0.25, -0.2) is 0 Å². The Morgan fingerprint density at radius 1 is 1.41 bits per heavy atom. The minimum absolute atomic E-state index is 0. The highest BCUT2D eigenvalue weighted by Gasteiger charge is 2.16. The van der Waals surface area contributed by atoms with Gasteiger partial charge in [-0.15, -0.1) is 12.4 Å². The highest BCUT2D eigenvalue weighted by atomic mass is 35.5. The Labute approximate surface area is 138 Å². The van der Waals surface area contributed by atoms with Gasteiger partial charge in [-0.3, -0.25) is 4.79 Å². The lowest BCUT2D eigenvalue weighted by atomic mass is 10.2. The van der Waals surface area contributed by atoms with Crippen LogP contribution >= 0.6 is 12.4 Å². The first-order valence-corrected chi connectivity index (χ1v) is 7.63. The van der Waals surface area contributed by atoms with E-state index in [1.807, 2.05) is 19.1 Å². The predicted octanol–water partition coefficient (Wildman–Crippen LogP) is 2.01. The van der Waals surface area contributed by atoms with Crippen molar-refractivity contribution in [3.05, 3.63) is 29.8 Å². The van der Waals surface area contributed by atoms with E-state index in [4.69, 9.17) is 9.47 Å². The van der Waals surface area contributed by atoms with E-state index < -0.39 is 0 Å². The third-order valence-corrected chi connectivity index (χ3v) is 3.39. The molecule has 0 aliphatic carbocycles. The molecule has 1 amide bonds. The summed E-state index contributed by atoms with van der Waals surface area (Å²) in [5, 5.41) is 6.04. The molecule has 1 fully saturated rings. The summed E-state index contributed by atoms with van der Waals surface area (Å²) in [5.74, 6) is 0.639. The number of nitrogens with one attached hydrogen (secondary N) is 2. The molecule has 2 rings (SSSR count). The first-order chi connectivity index (χ1) is 10.3. The van der Waals surface area contributed by atoms with Crippen LogP contribution in [0.5, 0.6) is 5.75 Å². The maximum Gasteiger partial charge on any atom is 0.251 e. The van der Waals surface area contributed by atoms with Gasteiger partial charge in [0.25, 0.3) is 5.91 Å². The van der Waals surface area contributed by atoms with Crippen molar-refractivity contribution in [1.29, 1.82) is 0 Å². The number of rotatable bonds is 8. The number of likely N-dealkylation sites (N-methyl/N-ethyl adjacent to an activating group) is 1. The molecule has 6 heteroatoms. The molecule has 0 spiro atoms. The highest BCUT2D eigenvalue weighted by molar-refractivity contribution is 5.94. The molecule has 1 aromatic rings. The van der Waals surface area contributed by atoms with Crippen LogP contribution in [0.15, 0.2) is 24.3 Å². The minimum Gasteiger partial charge on any atom is -0.491 e. The second-order valence-electron chi connectivity index (χ2n) is 5.08. The number of hydrogen-bond donors (Lipinski definition) is 2. The lowest BCUT2D eigenvalue weighted by Crippen LogP contribution is -2.31. The summed E-state index contributed by atoms with van der Waals surface area (Å²) in [6.07, 6.45) is 2.33. The van der Waals surface area contributed by atoms with Crippen molar-refractivity contribution >= 4 is 18.3 Å². The fourth-order valence-electron chi connectivity index (χ4n) is 2.24. The monoisotopic (exact) mass is 328 g/mol. The average molecular weight is 329 g/mol. The van der Waals surface area contributed by atoms with Crippen molar-refractivity contribution in [3.8, 4) is 5.75 Å². The fraction of sp³-hybridized carbons (Fsp3) is 0.562. The lowest BCUT2D eigenvalue weighted by molar-refractivity contribution is 0.0679. The average Bonchev–Trinajstić information content (AvgIpc) is 3.03. The molecule has 124 valence electrons. The summed E-state index contributed by atoms with van der Waals surface area (Å²) in [4.78, 5) is 12.0. The molecular weight excluding hydrogens is 304 g/mol. The summed E-state index contributed by atoms with van der Waals surface area (Å²) in [5.41, 5.74) is 0.622. The van der Waals surface area contributed by atoms with Crippen molar-refractivity contribution in [3.63, 3.8) is 0 Å². The van der Waals surface area contributed by atoms with Gasteiger partial charge in [0, 0.05) is 25.3 Å². The van der Waals surface area contributed by atoms with Gasteiger partial charge in [-0.1, -0.05) is 13.0 Å². The van der Waals surface area contributed by atoms with Gasteiger partial charge in [-0.2, -0.15) is 0 Å². The second kappa shape index (κ2) is 10.4. The Hall–Kier alpha value is -1.30. The van der Waals surface area contributed by atoms with Crippen LogP contribution in [0, 0.1) is 0 Å². The zero-order chi connectivity index (χ0) is 14.9. The molecule has 1 atom stereocenters. The number of benzene rings is 1. The number of ether oxygens (including phenoxy) is 2. The summed E-state index contributed by atoms with van der Waals surface area (Å²) in [7, 11) is 0. The number of carbonyl (C=O) groups is 1. The molecule has 1 saturated heterocycles. The smallest absolute Gasteiger partial charge is 0.251 e. The molecule has 1 unspecified atom stereocenters. The van der Waals surface area contributed by atoms with Crippen molar-refractivity contribution in [2.45, 2.75) is 25.9 Å². The van der Waals surface area contributed by atoms with Gasteiger partial charge >= 0.3 is 0 Å². The minimum atomic E-state index is -0.0736. The van der Waals surface area contributed by atoms with Crippen LogP contribution in [0.1, 0.15) is 30.1 Å². The first kappa shape index (κ1) is 18.7. The second-order valence-corrected chi connectivity index (χ2v) is 5.08. The maximum atomic E-state index is 12.0. The van der Waals surface area contributed by atoms with E-state index in [1.165, 1.54) is 0 Å². The van der Waals surface area contributed by atoms with E-state index in [0.29, 0.717) is 24.5 Å². The zero-order valence-electron chi connectivity index (χ0n) is 13.0. The number of amides is 1. The number of carbonyl (C=O) groups excluding carboxylic acids is 1. The van der Waals surface area contributed by atoms with E-state index in [9.17, 15) is 4.79 Å². The van der Waals surface area contributed by atoms with Crippen LogP contribution < -0.4 is 15.4 Å². The Kier molecular flexibility index (Phi) is 8.89. The summed E-state index contributed by atoms with van der Waals surface area (Å²) in [6, 6.07) is 7.27. The summed E-state index contributed by atoms with van der Waals surface area (Å²) >= 11 is 0. The van der Waals surface area contributed by atoms with Crippen LogP contribution in [0.4, 0.5) is 0 Å². The molecule has 0 saturated carbocycles. The van der Waals surface area contributed by atoms with Gasteiger partial charge < -0.3 is 20.1 Å². The van der Waals surface area contributed by atoms with Gasteiger partial charge in [-0.05, 0) is 37.6 Å².